The molecule has 5 rings (SSSR count). The zero-order chi connectivity index (χ0) is 24.7. The molecule has 0 unspecified atom stereocenters. The van der Waals surface area contributed by atoms with E-state index in [0.717, 1.165) is 6.21 Å². The Morgan fingerprint density at radius 3 is 2.89 bits per heavy atom. The van der Waals surface area contributed by atoms with Crippen LogP contribution in [0.1, 0.15) is 23.0 Å². The second-order valence-electron chi connectivity index (χ2n) is 8.25. The van der Waals surface area contributed by atoms with Crippen LogP contribution in [0.4, 0.5) is 18.0 Å². The zero-order valence-corrected chi connectivity index (χ0v) is 19.6. The van der Waals surface area contributed by atoms with Crippen molar-refractivity contribution >= 4 is 41.0 Å². The fourth-order valence-electron chi connectivity index (χ4n) is 4.62. The van der Waals surface area contributed by atoms with Gasteiger partial charge in [0.05, 0.1) is 5.54 Å². The first-order chi connectivity index (χ1) is 16.8. The van der Waals surface area contributed by atoms with Crippen LogP contribution in [0, 0.1) is 5.82 Å². The van der Waals surface area contributed by atoms with Crippen LogP contribution in [0.15, 0.2) is 62.8 Å². The van der Waals surface area contributed by atoms with E-state index in [0.29, 0.717) is 47.2 Å². The fraction of sp³-hybridized carbons (Fsp3) is 0.273. The molecule has 13 heteroatoms. The number of amides is 2. The number of fused-ring (bicyclic) bond motifs is 1. The minimum absolute atomic E-state index is 0.120. The van der Waals surface area contributed by atoms with Gasteiger partial charge in [-0.05, 0) is 17.7 Å². The third-order valence-electron chi connectivity index (χ3n) is 6.05. The molecule has 2 amide bonds. The van der Waals surface area contributed by atoms with Crippen molar-refractivity contribution in [2.75, 3.05) is 13.1 Å². The highest BCUT2D eigenvalue weighted by Crippen LogP contribution is 2.46. The van der Waals surface area contributed by atoms with E-state index in [1.807, 2.05) is 10.3 Å². The number of halogens is 4. The second kappa shape index (κ2) is 9.00. The number of nitrogens with two attached hydrogens (primary N) is 1. The van der Waals surface area contributed by atoms with Crippen molar-refractivity contribution in [3.8, 4) is 0 Å². The summed E-state index contributed by atoms with van der Waals surface area (Å²) in [7, 11) is 0. The summed E-state index contributed by atoms with van der Waals surface area (Å²) in [4.78, 5) is 26.5. The molecule has 3 aliphatic rings. The highest BCUT2D eigenvalue weighted by Gasteiger charge is 2.50. The van der Waals surface area contributed by atoms with Gasteiger partial charge in [0.25, 0.3) is 0 Å². The lowest BCUT2D eigenvalue weighted by atomic mass is 9.88. The van der Waals surface area contributed by atoms with Crippen LogP contribution in [0.5, 0.6) is 0 Å². The number of nitrogens with one attached hydrogen (secondary N) is 2. The number of aromatic nitrogens is 1. The lowest BCUT2D eigenvalue weighted by molar-refractivity contribution is 0.160. The summed E-state index contributed by atoms with van der Waals surface area (Å²) in [5.41, 5.74) is 7.10. The number of amidine groups is 1. The monoisotopic (exact) mass is 521 g/mol. The summed E-state index contributed by atoms with van der Waals surface area (Å²) >= 11 is 7.81. The number of urea groups is 1. The number of alkyl halides is 2. The summed E-state index contributed by atoms with van der Waals surface area (Å²) in [5, 5.41) is 8.31. The van der Waals surface area contributed by atoms with E-state index in [-0.39, 0.29) is 16.6 Å². The van der Waals surface area contributed by atoms with Crippen molar-refractivity contribution < 1.29 is 18.0 Å². The Labute approximate surface area is 207 Å². The van der Waals surface area contributed by atoms with Gasteiger partial charge in [-0.2, -0.15) is 8.78 Å². The molecular weight excluding hydrogens is 503 g/mol. The molecule has 1 aromatic heterocycles. The number of thiazole rings is 1. The average Bonchev–Trinajstić information content (AvgIpc) is 3.54. The van der Waals surface area contributed by atoms with Crippen LogP contribution in [-0.4, -0.2) is 53.1 Å². The molecule has 0 saturated carbocycles. The summed E-state index contributed by atoms with van der Waals surface area (Å²) in [6.07, 6.45) is 4.18. The number of nitrogens with zero attached hydrogens (tertiary/aromatic N) is 4. The maximum absolute atomic E-state index is 13.9. The van der Waals surface area contributed by atoms with Crippen LogP contribution in [0.25, 0.3) is 0 Å². The van der Waals surface area contributed by atoms with Crippen LogP contribution in [-0.2, 0) is 0 Å². The Bertz CT molecular complexity index is 1290. The third-order valence-corrected chi connectivity index (χ3v) is 7.14. The number of rotatable bonds is 5. The fourth-order valence-corrected chi connectivity index (χ4v) is 5.54. The van der Waals surface area contributed by atoms with E-state index >= 15 is 0 Å². The van der Waals surface area contributed by atoms with Gasteiger partial charge in [0.15, 0.2) is 10.8 Å². The van der Waals surface area contributed by atoms with Crippen molar-refractivity contribution in [1.29, 1.82) is 0 Å². The molecule has 2 aromatic rings. The summed E-state index contributed by atoms with van der Waals surface area (Å²) in [6.45, 7) is -2.21. The molecule has 2 fully saturated rings. The second-order valence-corrected chi connectivity index (χ2v) is 9.55. The molecule has 3 aliphatic heterocycles. The number of carbonyl (C=O) groups is 1. The summed E-state index contributed by atoms with van der Waals surface area (Å²) in [5.74, 6) is 0.00673. The van der Waals surface area contributed by atoms with Crippen molar-refractivity contribution in [3.63, 3.8) is 0 Å². The van der Waals surface area contributed by atoms with Gasteiger partial charge in [-0.15, -0.1) is 11.3 Å². The first-order valence-corrected chi connectivity index (χ1v) is 11.8. The quantitative estimate of drug-likeness (QED) is 0.413. The van der Waals surface area contributed by atoms with Gasteiger partial charge in [0.2, 0.25) is 0 Å². The largest absolute Gasteiger partial charge is 0.404 e. The third kappa shape index (κ3) is 4.27. The Morgan fingerprint density at radius 1 is 1.43 bits per heavy atom. The van der Waals surface area contributed by atoms with E-state index in [1.165, 1.54) is 35.7 Å². The smallest absolute Gasteiger partial charge is 0.331 e. The number of hydrogen-bond donors (Lipinski definition) is 3. The predicted molar refractivity (Wildman–Crippen MR) is 127 cm³/mol. The van der Waals surface area contributed by atoms with E-state index in [4.69, 9.17) is 22.3 Å². The minimum Gasteiger partial charge on any atom is -0.404 e. The summed E-state index contributed by atoms with van der Waals surface area (Å²) < 4.78 is 39.8. The normalized spacial score (nSPS) is 24.4. The molecule has 0 bridgehead atoms. The molecule has 1 aromatic carbocycles. The van der Waals surface area contributed by atoms with Gasteiger partial charge in [0.1, 0.15) is 11.9 Å². The average molecular weight is 522 g/mol. The van der Waals surface area contributed by atoms with Crippen LogP contribution in [0.2, 0.25) is 5.02 Å². The summed E-state index contributed by atoms with van der Waals surface area (Å²) in [6, 6.07) is 2.81. The van der Waals surface area contributed by atoms with Crippen molar-refractivity contribution in [2.45, 2.75) is 24.6 Å². The number of aliphatic imine (C=N–C) groups is 2. The molecule has 2 atom stereocenters. The topological polar surface area (TPSA) is 108 Å². The van der Waals surface area contributed by atoms with Crippen molar-refractivity contribution in [3.05, 3.63) is 74.2 Å². The van der Waals surface area contributed by atoms with Gasteiger partial charge in [-0.1, -0.05) is 17.7 Å². The molecule has 4 heterocycles. The lowest BCUT2D eigenvalue weighted by Crippen LogP contribution is -2.47. The van der Waals surface area contributed by atoms with Gasteiger partial charge < -0.3 is 21.3 Å². The molecule has 35 heavy (non-hydrogen) atoms. The first-order valence-electron chi connectivity index (χ1n) is 10.5. The van der Waals surface area contributed by atoms with Gasteiger partial charge in [-0.25, -0.2) is 19.2 Å². The van der Waals surface area contributed by atoms with E-state index < -0.39 is 23.9 Å². The van der Waals surface area contributed by atoms with Gasteiger partial charge >= 0.3 is 12.6 Å². The molecule has 1 spiro atoms. The first kappa shape index (κ1) is 23.4. The highest BCUT2D eigenvalue weighted by molar-refractivity contribution is 7.11. The molecule has 0 aliphatic carbocycles. The Kier molecular flexibility index (Phi) is 6.01. The molecule has 2 saturated heterocycles. The standard InChI is InChI=1S/C22H19ClF3N7OS/c23-14-5-12(24)1-2-13(14)17-16(11(7-27)8-29-20(25)26)15-6-22(9-30-21(34)32-22)10-33(15)18(31-17)19-28-3-4-35-19/h1-5,7-8,17,20H,6,9-10,27H2,(H2,30,32,34)/t17-,22+/m0/s1. The number of benzene rings is 1. The molecule has 182 valence electrons. The molecular formula is C22H19ClF3N7OS. The van der Waals surface area contributed by atoms with Gasteiger partial charge in [0, 0.05) is 65.4 Å². The Balaban J connectivity index is 1.74. The van der Waals surface area contributed by atoms with Gasteiger partial charge in [-0.3, -0.25) is 4.99 Å². The maximum Gasteiger partial charge on any atom is 0.331 e. The lowest BCUT2D eigenvalue weighted by Gasteiger charge is -2.33. The molecule has 0 radical (unpaired) electrons. The predicted octanol–water partition coefficient (Wildman–Crippen LogP) is 3.58. The van der Waals surface area contributed by atoms with Crippen LogP contribution >= 0.6 is 22.9 Å². The van der Waals surface area contributed by atoms with Crippen molar-refractivity contribution in [1.82, 2.24) is 20.5 Å². The molecule has 4 N–H and O–H groups in total. The molecule has 8 nitrogen and oxygen atoms in total. The minimum atomic E-state index is -2.94. The van der Waals surface area contributed by atoms with E-state index in [2.05, 4.69) is 20.6 Å². The van der Waals surface area contributed by atoms with Crippen LogP contribution < -0.4 is 16.4 Å². The SMILES string of the molecule is NC=C(C=NC(F)F)C1=C2C[C@@]3(CNC(=O)N3)CN2C(c2nccs2)=N[C@H]1c1ccc(F)cc1Cl. The highest BCUT2D eigenvalue weighted by atomic mass is 35.5. The van der Waals surface area contributed by atoms with E-state index in [1.54, 1.807) is 6.20 Å². The van der Waals surface area contributed by atoms with E-state index in [9.17, 15) is 18.0 Å². The number of hydrogen-bond acceptors (Lipinski definition) is 7. The van der Waals surface area contributed by atoms with Crippen molar-refractivity contribution in [2.24, 2.45) is 15.7 Å². The van der Waals surface area contributed by atoms with Crippen LogP contribution in [0.3, 0.4) is 0 Å². The zero-order valence-electron chi connectivity index (χ0n) is 18.0. The Hall–Kier alpha value is -3.38. The maximum atomic E-state index is 13.9. The Morgan fingerprint density at radius 2 is 2.26 bits per heavy atom. The number of carbonyl (C=O) groups excluding carboxylic acids is 1.